The average Bonchev–Trinajstić information content (AvgIpc) is 3.11. The van der Waals surface area contributed by atoms with Crippen LogP contribution >= 0.6 is 11.3 Å². The normalized spacial score (nSPS) is 11.6. The number of hydrogen-bond acceptors (Lipinski definition) is 4. The molecule has 0 spiro atoms. The molecule has 0 N–H and O–H groups in total. The molecular formula is C21H22N2OS. The number of rotatable bonds is 5. The van der Waals surface area contributed by atoms with Crippen molar-refractivity contribution in [3.63, 3.8) is 0 Å². The molecule has 128 valence electrons. The Labute approximate surface area is 153 Å². The largest absolute Gasteiger partial charge is 0.497 e. The van der Waals surface area contributed by atoms with Crippen LogP contribution in [0.15, 0.2) is 52.8 Å². The van der Waals surface area contributed by atoms with E-state index in [1.165, 1.54) is 5.01 Å². The van der Waals surface area contributed by atoms with Crippen LogP contribution in [0.2, 0.25) is 0 Å². The molecule has 0 aliphatic rings. The van der Waals surface area contributed by atoms with Crippen LogP contribution in [0.3, 0.4) is 0 Å². The van der Waals surface area contributed by atoms with Crippen LogP contribution in [0, 0.1) is 6.92 Å². The maximum atomic E-state index is 5.27. The van der Waals surface area contributed by atoms with Gasteiger partial charge in [-0.05, 0) is 61.7 Å². The SMILES string of the molecule is CCc1nc(-c2ccc(N=C(C)c3ccc(OC)cc3C)cc2)cs1. The Hall–Kier alpha value is -2.46. The summed E-state index contributed by atoms with van der Waals surface area (Å²) in [6.07, 6.45) is 0.980. The van der Waals surface area contributed by atoms with Gasteiger partial charge in [0.2, 0.25) is 0 Å². The van der Waals surface area contributed by atoms with E-state index >= 15 is 0 Å². The van der Waals surface area contributed by atoms with E-state index in [0.29, 0.717) is 0 Å². The zero-order chi connectivity index (χ0) is 17.8. The van der Waals surface area contributed by atoms with Gasteiger partial charge in [0.1, 0.15) is 5.75 Å². The van der Waals surface area contributed by atoms with Crippen LogP contribution in [-0.2, 0) is 6.42 Å². The van der Waals surface area contributed by atoms with E-state index in [0.717, 1.165) is 46.0 Å². The smallest absolute Gasteiger partial charge is 0.119 e. The number of benzene rings is 2. The number of thiazole rings is 1. The molecule has 1 aromatic heterocycles. The van der Waals surface area contributed by atoms with E-state index < -0.39 is 0 Å². The molecule has 0 unspecified atom stereocenters. The highest BCUT2D eigenvalue weighted by Crippen LogP contribution is 2.25. The van der Waals surface area contributed by atoms with Gasteiger partial charge in [0.25, 0.3) is 0 Å². The van der Waals surface area contributed by atoms with Crippen molar-refractivity contribution in [1.29, 1.82) is 0 Å². The van der Waals surface area contributed by atoms with Crippen LogP contribution in [0.5, 0.6) is 5.75 Å². The van der Waals surface area contributed by atoms with Gasteiger partial charge in [-0.1, -0.05) is 19.1 Å². The number of hydrogen-bond donors (Lipinski definition) is 0. The summed E-state index contributed by atoms with van der Waals surface area (Å²) in [4.78, 5) is 9.40. The van der Waals surface area contributed by atoms with Gasteiger partial charge >= 0.3 is 0 Å². The molecule has 0 atom stereocenters. The van der Waals surface area contributed by atoms with Crippen molar-refractivity contribution in [2.45, 2.75) is 27.2 Å². The second-order valence-electron chi connectivity index (χ2n) is 5.90. The third-order valence-electron chi connectivity index (χ3n) is 4.14. The van der Waals surface area contributed by atoms with Gasteiger partial charge in [0.05, 0.1) is 23.5 Å². The molecule has 0 bridgehead atoms. The van der Waals surface area contributed by atoms with Crippen molar-refractivity contribution < 1.29 is 4.74 Å². The first-order chi connectivity index (χ1) is 12.1. The number of nitrogens with zero attached hydrogens (tertiary/aromatic N) is 2. The van der Waals surface area contributed by atoms with Crippen LogP contribution in [-0.4, -0.2) is 17.8 Å². The molecule has 3 rings (SSSR count). The summed E-state index contributed by atoms with van der Waals surface area (Å²) in [6.45, 7) is 6.24. The number of aryl methyl sites for hydroxylation is 2. The highest BCUT2D eigenvalue weighted by molar-refractivity contribution is 7.09. The molecule has 0 aliphatic heterocycles. The van der Waals surface area contributed by atoms with Gasteiger partial charge in [0, 0.05) is 16.7 Å². The Morgan fingerprint density at radius 1 is 1.16 bits per heavy atom. The molecule has 0 fully saturated rings. The van der Waals surface area contributed by atoms with Gasteiger partial charge in [-0.2, -0.15) is 0 Å². The summed E-state index contributed by atoms with van der Waals surface area (Å²) >= 11 is 1.71. The predicted octanol–water partition coefficient (Wildman–Crippen LogP) is 5.83. The van der Waals surface area contributed by atoms with Gasteiger partial charge in [-0.15, -0.1) is 11.3 Å². The van der Waals surface area contributed by atoms with Crippen molar-refractivity contribution in [2.75, 3.05) is 7.11 Å². The topological polar surface area (TPSA) is 34.5 Å². The zero-order valence-corrected chi connectivity index (χ0v) is 15.9. The van der Waals surface area contributed by atoms with Crippen LogP contribution < -0.4 is 4.74 Å². The van der Waals surface area contributed by atoms with Crippen molar-refractivity contribution in [2.24, 2.45) is 4.99 Å². The first-order valence-corrected chi connectivity index (χ1v) is 9.24. The van der Waals surface area contributed by atoms with E-state index in [1.54, 1.807) is 18.4 Å². The molecule has 1 heterocycles. The third-order valence-corrected chi connectivity index (χ3v) is 5.13. The third kappa shape index (κ3) is 3.97. The lowest BCUT2D eigenvalue weighted by atomic mass is 10.0. The number of ether oxygens (including phenoxy) is 1. The predicted molar refractivity (Wildman–Crippen MR) is 107 cm³/mol. The van der Waals surface area contributed by atoms with E-state index in [1.807, 2.05) is 31.2 Å². The lowest BCUT2D eigenvalue weighted by molar-refractivity contribution is 0.414. The molecule has 3 nitrogen and oxygen atoms in total. The fourth-order valence-electron chi connectivity index (χ4n) is 2.74. The molecule has 0 saturated heterocycles. The van der Waals surface area contributed by atoms with E-state index in [2.05, 4.69) is 42.4 Å². The van der Waals surface area contributed by atoms with Gasteiger partial charge in [0.15, 0.2) is 0 Å². The molecule has 0 amide bonds. The fourth-order valence-corrected chi connectivity index (χ4v) is 3.49. The molecule has 0 aliphatic carbocycles. The highest BCUT2D eigenvalue weighted by Gasteiger charge is 2.06. The van der Waals surface area contributed by atoms with Gasteiger partial charge in [-0.3, -0.25) is 4.99 Å². The summed E-state index contributed by atoms with van der Waals surface area (Å²) in [5.74, 6) is 0.869. The summed E-state index contributed by atoms with van der Waals surface area (Å²) in [5.41, 5.74) is 6.41. The first-order valence-electron chi connectivity index (χ1n) is 8.36. The minimum absolute atomic E-state index is 0.869. The van der Waals surface area contributed by atoms with Crippen molar-refractivity contribution in [3.05, 3.63) is 64.0 Å². The molecule has 25 heavy (non-hydrogen) atoms. The van der Waals surface area contributed by atoms with Crippen LogP contribution in [0.4, 0.5) is 5.69 Å². The Morgan fingerprint density at radius 2 is 1.92 bits per heavy atom. The van der Waals surface area contributed by atoms with E-state index in [4.69, 9.17) is 9.73 Å². The molecule has 3 aromatic rings. The summed E-state index contributed by atoms with van der Waals surface area (Å²) in [7, 11) is 1.68. The maximum Gasteiger partial charge on any atom is 0.119 e. The first kappa shape index (κ1) is 17.4. The van der Waals surface area contributed by atoms with Gasteiger partial charge in [-0.25, -0.2) is 4.98 Å². The summed E-state index contributed by atoms with van der Waals surface area (Å²) < 4.78 is 5.27. The van der Waals surface area contributed by atoms with Crippen LogP contribution in [0.1, 0.15) is 30.0 Å². The van der Waals surface area contributed by atoms with Crippen molar-refractivity contribution >= 4 is 22.7 Å². The average molecular weight is 350 g/mol. The monoisotopic (exact) mass is 350 g/mol. The molecule has 0 radical (unpaired) electrons. The lowest BCUT2D eigenvalue weighted by Crippen LogP contribution is -1.98. The second kappa shape index (κ2) is 7.62. The van der Waals surface area contributed by atoms with Crippen molar-refractivity contribution in [3.8, 4) is 17.0 Å². The Kier molecular flexibility index (Phi) is 5.29. The summed E-state index contributed by atoms with van der Waals surface area (Å²) in [5, 5.41) is 3.28. The molecule has 0 saturated carbocycles. The summed E-state index contributed by atoms with van der Waals surface area (Å²) in [6, 6.07) is 14.3. The molecule has 4 heteroatoms. The second-order valence-corrected chi connectivity index (χ2v) is 6.85. The lowest BCUT2D eigenvalue weighted by Gasteiger charge is -2.08. The fraction of sp³-hybridized carbons (Fsp3) is 0.238. The minimum Gasteiger partial charge on any atom is -0.497 e. The molecule has 2 aromatic carbocycles. The standard InChI is InChI=1S/C21H22N2OS/c1-5-21-23-20(13-25-21)16-6-8-17(9-7-16)22-15(3)19-11-10-18(24-4)12-14(19)2/h6-13H,5H2,1-4H3. The number of aliphatic imine (C=N–C) groups is 1. The van der Waals surface area contributed by atoms with E-state index in [-0.39, 0.29) is 0 Å². The number of aromatic nitrogens is 1. The zero-order valence-electron chi connectivity index (χ0n) is 15.0. The Bertz CT molecular complexity index is 895. The van der Waals surface area contributed by atoms with Crippen molar-refractivity contribution in [1.82, 2.24) is 4.98 Å². The number of methoxy groups -OCH3 is 1. The van der Waals surface area contributed by atoms with Gasteiger partial charge < -0.3 is 4.74 Å². The highest BCUT2D eigenvalue weighted by atomic mass is 32.1. The quantitative estimate of drug-likeness (QED) is 0.543. The van der Waals surface area contributed by atoms with Crippen LogP contribution in [0.25, 0.3) is 11.3 Å². The Morgan fingerprint density at radius 3 is 2.52 bits per heavy atom. The minimum atomic E-state index is 0.869. The Balaban J connectivity index is 1.83. The van der Waals surface area contributed by atoms with E-state index in [9.17, 15) is 0 Å². The molecular weight excluding hydrogens is 328 g/mol. The maximum absolute atomic E-state index is 5.27.